The molecule has 2 heterocycles. The fourth-order valence-electron chi connectivity index (χ4n) is 3.70. The van der Waals surface area contributed by atoms with Crippen molar-refractivity contribution in [1.29, 1.82) is 0 Å². The maximum Gasteiger partial charge on any atom is 0.410 e. The minimum Gasteiger partial charge on any atom is -0.444 e. The number of anilines is 1. The van der Waals surface area contributed by atoms with Crippen molar-refractivity contribution in [3.8, 4) is 0 Å². The Hall–Kier alpha value is -2.73. The molecule has 158 valence electrons. The highest BCUT2D eigenvalue weighted by Gasteiger charge is 2.30. The highest BCUT2D eigenvalue weighted by Crippen LogP contribution is 2.26. The fraction of sp³-hybridized carbons (Fsp3) is 0.391. The second-order valence-electron chi connectivity index (χ2n) is 8.66. The summed E-state index contributed by atoms with van der Waals surface area (Å²) in [7, 11) is 0. The summed E-state index contributed by atoms with van der Waals surface area (Å²) in [6, 6.07) is 16.0. The van der Waals surface area contributed by atoms with Crippen LogP contribution < -0.4 is 5.32 Å². The van der Waals surface area contributed by atoms with E-state index in [9.17, 15) is 4.79 Å². The fourth-order valence-corrected chi connectivity index (χ4v) is 3.89. The third-order valence-corrected chi connectivity index (χ3v) is 5.48. The van der Waals surface area contributed by atoms with Gasteiger partial charge in [-0.15, -0.1) is 0 Å². The molecule has 6 nitrogen and oxygen atoms in total. The Bertz CT molecular complexity index is 1060. The molecule has 30 heavy (non-hydrogen) atoms. The van der Waals surface area contributed by atoms with Gasteiger partial charge in [0.25, 0.3) is 0 Å². The van der Waals surface area contributed by atoms with Gasteiger partial charge < -0.3 is 19.5 Å². The Kier molecular flexibility index (Phi) is 5.60. The van der Waals surface area contributed by atoms with Crippen LogP contribution in [0.15, 0.2) is 48.5 Å². The topological polar surface area (TPSA) is 59.4 Å². The van der Waals surface area contributed by atoms with Gasteiger partial charge in [-0.2, -0.15) is 0 Å². The maximum absolute atomic E-state index is 12.4. The predicted molar refractivity (Wildman–Crippen MR) is 120 cm³/mol. The van der Waals surface area contributed by atoms with Gasteiger partial charge in [0.05, 0.1) is 17.6 Å². The van der Waals surface area contributed by atoms with Crippen LogP contribution in [0.4, 0.5) is 10.7 Å². The summed E-state index contributed by atoms with van der Waals surface area (Å²) in [5.41, 5.74) is 2.51. The van der Waals surface area contributed by atoms with Crippen molar-refractivity contribution in [3.05, 3.63) is 59.1 Å². The third kappa shape index (κ3) is 4.54. The average molecular weight is 427 g/mol. The van der Waals surface area contributed by atoms with Gasteiger partial charge in [-0.25, -0.2) is 9.78 Å². The number of nitrogens with one attached hydrogen (secondary N) is 1. The molecule has 1 N–H and O–H groups in total. The Morgan fingerprint density at radius 3 is 2.70 bits per heavy atom. The van der Waals surface area contributed by atoms with E-state index < -0.39 is 5.60 Å². The number of amides is 1. The first-order valence-corrected chi connectivity index (χ1v) is 10.6. The van der Waals surface area contributed by atoms with Gasteiger partial charge in [-0.3, -0.25) is 0 Å². The van der Waals surface area contributed by atoms with E-state index in [1.54, 1.807) is 4.90 Å². The lowest BCUT2D eigenvalue weighted by Crippen LogP contribution is -2.36. The molecular formula is C23H27ClN4O2. The van der Waals surface area contributed by atoms with E-state index in [1.165, 1.54) is 0 Å². The number of fused-ring (bicyclic) bond motifs is 1. The Balaban J connectivity index is 1.55. The van der Waals surface area contributed by atoms with E-state index in [0.29, 0.717) is 19.6 Å². The second-order valence-corrected chi connectivity index (χ2v) is 9.07. The van der Waals surface area contributed by atoms with Crippen LogP contribution in [0.1, 0.15) is 32.8 Å². The molecule has 7 heteroatoms. The van der Waals surface area contributed by atoms with Crippen molar-refractivity contribution < 1.29 is 9.53 Å². The van der Waals surface area contributed by atoms with Crippen LogP contribution in [-0.4, -0.2) is 45.3 Å². The molecule has 1 fully saturated rings. The van der Waals surface area contributed by atoms with Crippen LogP contribution >= 0.6 is 11.6 Å². The minimum absolute atomic E-state index is 0.110. The SMILES string of the molecule is CC(C)(C)OC(=O)N1CCC(Nc2nc3ccccc3n2Cc2ccccc2Cl)C1. The van der Waals surface area contributed by atoms with Gasteiger partial charge in [-0.1, -0.05) is 41.9 Å². The molecule has 0 aliphatic carbocycles. The summed E-state index contributed by atoms with van der Waals surface area (Å²) in [6.07, 6.45) is 0.575. The van der Waals surface area contributed by atoms with Crippen molar-refractivity contribution in [1.82, 2.24) is 14.5 Å². The predicted octanol–water partition coefficient (Wildman–Crippen LogP) is 5.16. The number of benzene rings is 2. The zero-order valence-electron chi connectivity index (χ0n) is 17.6. The van der Waals surface area contributed by atoms with Gasteiger partial charge in [0.1, 0.15) is 5.60 Å². The van der Waals surface area contributed by atoms with Crippen molar-refractivity contribution in [2.75, 3.05) is 18.4 Å². The molecule has 1 aliphatic rings. The lowest BCUT2D eigenvalue weighted by atomic mass is 10.2. The van der Waals surface area contributed by atoms with Crippen LogP contribution in [-0.2, 0) is 11.3 Å². The zero-order chi connectivity index (χ0) is 21.3. The summed E-state index contributed by atoms with van der Waals surface area (Å²) in [5.74, 6) is 0.784. The third-order valence-electron chi connectivity index (χ3n) is 5.11. The van der Waals surface area contributed by atoms with Crippen LogP contribution in [0.25, 0.3) is 11.0 Å². The van der Waals surface area contributed by atoms with Crippen molar-refractivity contribution in [2.24, 2.45) is 0 Å². The van der Waals surface area contributed by atoms with E-state index >= 15 is 0 Å². The Morgan fingerprint density at radius 2 is 1.93 bits per heavy atom. The van der Waals surface area contributed by atoms with E-state index in [2.05, 4.69) is 16.0 Å². The summed E-state index contributed by atoms with van der Waals surface area (Å²) in [5, 5.41) is 4.28. The number of rotatable bonds is 4. The zero-order valence-corrected chi connectivity index (χ0v) is 18.3. The van der Waals surface area contributed by atoms with Crippen molar-refractivity contribution in [2.45, 2.75) is 45.4 Å². The number of halogens is 1. The smallest absolute Gasteiger partial charge is 0.410 e. The number of imidazole rings is 1. The standard InChI is InChI=1S/C23H27ClN4O2/c1-23(2,3)30-22(29)27-13-12-17(15-27)25-21-26-19-10-6-7-11-20(19)28(21)14-16-8-4-5-9-18(16)24/h4-11,17H,12-15H2,1-3H3,(H,25,26). The van der Waals surface area contributed by atoms with Crippen LogP contribution in [0.2, 0.25) is 5.02 Å². The van der Waals surface area contributed by atoms with Gasteiger partial charge in [0, 0.05) is 24.2 Å². The molecule has 1 aromatic heterocycles. The van der Waals surface area contributed by atoms with Gasteiger partial charge in [0.2, 0.25) is 5.95 Å². The quantitative estimate of drug-likeness (QED) is 0.626. The molecule has 1 aliphatic heterocycles. The highest BCUT2D eigenvalue weighted by atomic mass is 35.5. The van der Waals surface area contributed by atoms with Crippen LogP contribution in [0.5, 0.6) is 0 Å². The molecule has 3 aromatic rings. The number of ether oxygens (including phenoxy) is 1. The first-order valence-electron chi connectivity index (χ1n) is 10.2. The number of likely N-dealkylation sites (tertiary alicyclic amines) is 1. The highest BCUT2D eigenvalue weighted by molar-refractivity contribution is 6.31. The number of hydrogen-bond donors (Lipinski definition) is 1. The molecule has 0 spiro atoms. The molecule has 4 rings (SSSR count). The Morgan fingerprint density at radius 1 is 1.20 bits per heavy atom. The van der Waals surface area contributed by atoms with Gasteiger partial charge >= 0.3 is 6.09 Å². The van der Waals surface area contributed by atoms with E-state index in [1.807, 2.05) is 63.2 Å². The van der Waals surface area contributed by atoms with Gasteiger partial charge in [-0.05, 0) is 51.0 Å². The van der Waals surface area contributed by atoms with E-state index in [-0.39, 0.29) is 12.1 Å². The first-order chi connectivity index (χ1) is 14.3. The number of carbonyl (C=O) groups excluding carboxylic acids is 1. The lowest BCUT2D eigenvalue weighted by Gasteiger charge is -2.24. The minimum atomic E-state index is -0.495. The monoisotopic (exact) mass is 426 g/mol. The van der Waals surface area contributed by atoms with Crippen molar-refractivity contribution >= 4 is 34.7 Å². The lowest BCUT2D eigenvalue weighted by molar-refractivity contribution is 0.0293. The normalized spacial score (nSPS) is 16.8. The van der Waals surface area contributed by atoms with E-state index in [0.717, 1.165) is 34.0 Å². The molecule has 1 amide bonds. The number of hydrogen-bond acceptors (Lipinski definition) is 4. The molecule has 0 bridgehead atoms. The molecule has 0 radical (unpaired) electrons. The summed E-state index contributed by atoms with van der Waals surface area (Å²) < 4.78 is 7.65. The Labute approximate surface area is 181 Å². The first kappa shape index (κ1) is 20.5. The number of para-hydroxylation sites is 2. The molecule has 1 atom stereocenters. The maximum atomic E-state index is 12.4. The molecule has 0 saturated carbocycles. The van der Waals surface area contributed by atoms with Crippen LogP contribution in [0, 0.1) is 0 Å². The number of nitrogens with zero attached hydrogens (tertiary/aromatic N) is 3. The summed E-state index contributed by atoms with van der Waals surface area (Å²) in [6.45, 7) is 7.52. The molecule has 1 saturated heterocycles. The molecular weight excluding hydrogens is 400 g/mol. The molecule has 1 unspecified atom stereocenters. The van der Waals surface area contributed by atoms with Crippen molar-refractivity contribution in [3.63, 3.8) is 0 Å². The van der Waals surface area contributed by atoms with Gasteiger partial charge in [0.15, 0.2) is 0 Å². The summed E-state index contributed by atoms with van der Waals surface area (Å²) >= 11 is 6.41. The average Bonchev–Trinajstić information content (AvgIpc) is 3.28. The summed E-state index contributed by atoms with van der Waals surface area (Å²) in [4.78, 5) is 18.9. The largest absolute Gasteiger partial charge is 0.444 e. The van der Waals surface area contributed by atoms with Crippen LogP contribution in [0.3, 0.4) is 0 Å². The van der Waals surface area contributed by atoms with E-state index in [4.69, 9.17) is 21.3 Å². The number of aromatic nitrogens is 2. The number of carbonyl (C=O) groups is 1. The molecule has 2 aromatic carbocycles. The second kappa shape index (κ2) is 8.19.